The molecule has 1 unspecified atom stereocenters. The molecule has 0 spiro atoms. The molecule has 1 heterocycles. The zero-order valence-electron chi connectivity index (χ0n) is 7.85. The van der Waals surface area contributed by atoms with Crippen LogP contribution in [0, 0.1) is 11.8 Å². The zero-order chi connectivity index (χ0) is 9.26. The minimum atomic E-state index is 0.421. The van der Waals surface area contributed by atoms with E-state index in [9.17, 15) is 0 Å². The van der Waals surface area contributed by atoms with Gasteiger partial charge in [-0.2, -0.15) is 0 Å². The first-order valence-corrected chi connectivity index (χ1v) is 4.76. The Morgan fingerprint density at radius 2 is 2.38 bits per heavy atom. The average Bonchev–Trinajstić information content (AvgIpc) is 2.88. The molecule has 0 amide bonds. The van der Waals surface area contributed by atoms with E-state index in [1.54, 1.807) is 0 Å². The van der Waals surface area contributed by atoms with Crippen LogP contribution < -0.4 is 5.73 Å². The molecule has 72 valence electrons. The second-order valence-electron chi connectivity index (χ2n) is 3.80. The number of hydrogen-bond donors (Lipinski definition) is 1. The molecule has 5 nitrogen and oxygen atoms in total. The summed E-state index contributed by atoms with van der Waals surface area (Å²) in [6, 6.07) is 0. The Morgan fingerprint density at radius 3 is 3.00 bits per heavy atom. The lowest BCUT2D eigenvalue weighted by molar-refractivity contribution is 0.391. The van der Waals surface area contributed by atoms with Crippen LogP contribution in [0.2, 0.25) is 0 Å². The van der Waals surface area contributed by atoms with Crippen molar-refractivity contribution in [2.75, 3.05) is 0 Å². The monoisotopic (exact) mass is 181 g/mol. The molecule has 2 N–H and O–H groups in total. The molecule has 1 aliphatic carbocycles. The van der Waals surface area contributed by atoms with Crippen molar-refractivity contribution in [3.8, 4) is 0 Å². The maximum Gasteiger partial charge on any atom is 0.164 e. The fourth-order valence-electron chi connectivity index (χ4n) is 1.60. The average molecular weight is 181 g/mol. The number of nitrogens with two attached hydrogens (primary N) is 1. The van der Waals surface area contributed by atoms with Gasteiger partial charge in [-0.15, -0.1) is 5.10 Å². The van der Waals surface area contributed by atoms with Crippen molar-refractivity contribution in [3.05, 3.63) is 5.82 Å². The van der Waals surface area contributed by atoms with Gasteiger partial charge < -0.3 is 5.73 Å². The highest BCUT2D eigenvalue weighted by molar-refractivity contribution is 4.83. The van der Waals surface area contributed by atoms with Crippen molar-refractivity contribution >= 4 is 0 Å². The molecule has 1 aromatic rings. The van der Waals surface area contributed by atoms with Crippen molar-refractivity contribution < 1.29 is 0 Å². The van der Waals surface area contributed by atoms with E-state index < -0.39 is 0 Å². The van der Waals surface area contributed by atoms with Crippen LogP contribution in [0.4, 0.5) is 0 Å². The molecule has 0 aliphatic heterocycles. The summed E-state index contributed by atoms with van der Waals surface area (Å²) in [6.45, 7) is 3.58. The summed E-state index contributed by atoms with van der Waals surface area (Å²) in [4.78, 5) is 0. The summed E-state index contributed by atoms with van der Waals surface area (Å²) in [5, 5.41) is 11.4. The first-order valence-electron chi connectivity index (χ1n) is 4.76. The van der Waals surface area contributed by atoms with Crippen LogP contribution in [0.15, 0.2) is 0 Å². The van der Waals surface area contributed by atoms with Gasteiger partial charge in [0.1, 0.15) is 0 Å². The van der Waals surface area contributed by atoms with Gasteiger partial charge in [0.2, 0.25) is 0 Å². The van der Waals surface area contributed by atoms with Gasteiger partial charge >= 0.3 is 0 Å². The van der Waals surface area contributed by atoms with E-state index >= 15 is 0 Å². The van der Waals surface area contributed by atoms with Crippen molar-refractivity contribution in [2.24, 2.45) is 17.6 Å². The fraction of sp³-hybridized carbons (Fsp3) is 0.875. The molecular formula is C8H15N5. The van der Waals surface area contributed by atoms with Crippen LogP contribution >= 0.6 is 0 Å². The molecule has 1 aliphatic rings. The quantitative estimate of drug-likeness (QED) is 0.719. The summed E-state index contributed by atoms with van der Waals surface area (Å²) in [6.07, 6.45) is 2.72. The molecule has 2 rings (SSSR count). The Kier molecular flexibility index (Phi) is 2.26. The van der Waals surface area contributed by atoms with Crippen molar-refractivity contribution in [1.29, 1.82) is 0 Å². The van der Waals surface area contributed by atoms with Gasteiger partial charge in [0, 0.05) is 6.54 Å². The van der Waals surface area contributed by atoms with Crippen molar-refractivity contribution in [3.63, 3.8) is 0 Å². The standard InChI is InChI=1S/C8H15N5/c1-6(7-2-3-7)5-13-8(4-9)10-11-12-13/h6-7H,2-5,9H2,1H3. The normalized spacial score (nSPS) is 18.9. The van der Waals surface area contributed by atoms with Crippen LogP contribution in [0.25, 0.3) is 0 Å². The number of rotatable bonds is 4. The highest BCUT2D eigenvalue weighted by Crippen LogP contribution is 2.37. The number of nitrogens with zero attached hydrogens (tertiary/aromatic N) is 4. The summed E-state index contributed by atoms with van der Waals surface area (Å²) in [5.41, 5.74) is 5.50. The molecule has 13 heavy (non-hydrogen) atoms. The third kappa shape index (κ3) is 1.85. The van der Waals surface area contributed by atoms with Crippen LogP contribution in [-0.2, 0) is 13.1 Å². The molecule has 1 atom stereocenters. The second kappa shape index (κ2) is 3.41. The summed E-state index contributed by atoms with van der Waals surface area (Å²) in [5.74, 6) is 2.34. The SMILES string of the molecule is CC(Cn1nnnc1CN)C1CC1. The molecule has 0 saturated heterocycles. The van der Waals surface area contributed by atoms with Gasteiger partial charge in [0.15, 0.2) is 5.82 Å². The predicted molar refractivity (Wildman–Crippen MR) is 47.6 cm³/mol. The summed E-state index contributed by atoms with van der Waals surface area (Å²) >= 11 is 0. The van der Waals surface area contributed by atoms with Gasteiger partial charge in [0.05, 0.1) is 6.54 Å². The maximum absolute atomic E-state index is 5.50. The lowest BCUT2D eigenvalue weighted by Crippen LogP contribution is -2.15. The van der Waals surface area contributed by atoms with Gasteiger partial charge in [0.25, 0.3) is 0 Å². The van der Waals surface area contributed by atoms with Crippen LogP contribution in [0.3, 0.4) is 0 Å². The van der Waals surface area contributed by atoms with E-state index in [1.165, 1.54) is 12.8 Å². The van der Waals surface area contributed by atoms with Crippen LogP contribution in [0.5, 0.6) is 0 Å². The van der Waals surface area contributed by atoms with E-state index in [2.05, 4.69) is 22.4 Å². The van der Waals surface area contributed by atoms with Crippen LogP contribution in [-0.4, -0.2) is 20.2 Å². The number of hydrogen-bond acceptors (Lipinski definition) is 4. The van der Waals surface area contributed by atoms with E-state index in [1.807, 2.05) is 4.68 Å². The Balaban J connectivity index is 1.99. The maximum atomic E-state index is 5.50. The smallest absolute Gasteiger partial charge is 0.164 e. The highest BCUT2D eigenvalue weighted by atomic mass is 15.5. The zero-order valence-corrected chi connectivity index (χ0v) is 7.85. The van der Waals surface area contributed by atoms with E-state index in [4.69, 9.17) is 5.73 Å². The number of aromatic nitrogens is 4. The molecule has 0 aromatic carbocycles. The van der Waals surface area contributed by atoms with E-state index in [0.29, 0.717) is 12.5 Å². The van der Waals surface area contributed by atoms with Crippen molar-refractivity contribution in [2.45, 2.75) is 32.9 Å². The number of tetrazole rings is 1. The Bertz CT molecular complexity index is 278. The topological polar surface area (TPSA) is 69.6 Å². The molecule has 1 saturated carbocycles. The Morgan fingerprint density at radius 1 is 1.62 bits per heavy atom. The minimum Gasteiger partial charge on any atom is -0.324 e. The minimum absolute atomic E-state index is 0.421. The lowest BCUT2D eigenvalue weighted by Gasteiger charge is -2.09. The highest BCUT2D eigenvalue weighted by Gasteiger charge is 2.28. The lowest BCUT2D eigenvalue weighted by atomic mass is 10.1. The second-order valence-corrected chi connectivity index (χ2v) is 3.80. The first-order chi connectivity index (χ1) is 6.31. The van der Waals surface area contributed by atoms with E-state index in [0.717, 1.165) is 18.3 Å². The Hall–Kier alpha value is -0.970. The molecule has 0 radical (unpaired) electrons. The van der Waals surface area contributed by atoms with Gasteiger partial charge in [-0.3, -0.25) is 0 Å². The summed E-state index contributed by atoms with van der Waals surface area (Å²) < 4.78 is 1.82. The van der Waals surface area contributed by atoms with Crippen molar-refractivity contribution in [1.82, 2.24) is 20.2 Å². The third-order valence-electron chi connectivity index (χ3n) is 2.68. The van der Waals surface area contributed by atoms with Gasteiger partial charge in [-0.05, 0) is 35.1 Å². The molecular weight excluding hydrogens is 166 g/mol. The first kappa shape index (κ1) is 8.62. The molecule has 1 fully saturated rings. The molecule has 5 heteroatoms. The molecule has 1 aromatic heterocycles. The Labute approximate surface area is 77.3 Å². The fourth-order valence-corrected chi connectivity index (χ4v) is 1.60. The predicted octanol–water partition coefficient (Wildman–Crippen LogP) is 0.178. The van der Waals surface area contributed by atoms with E-state index in [-0.39, 0.29) is 0 Å². The molecule has 0 bridgehead atoms. The largest absolute Gasteiger partial charge is 0.324 e. The van der Waals surface area contributed by atoms with Crippen LogP contribution in [0.1, 0.15) is 25.6 Å². The summed E-state index contributed by atoms with van der Waals surface area (Å²) in [7, 11) is 0. The third-order valence-corrected chi connectivity index (χ3v) is 2.68. The van der Waals surface area contributed by atoms with Gasteiger partial charge in [-0.25, -0.2) is 4.68 Å². The van der Waals surface area contributed by atoms with Gasteiger partial charge in [-0.1, -0.05) is 6.92 Å².